The van der Waals surface area contributed by atoms with Gasteiger partial charge in [-0.3, -0.25) is 4.98 Å². The van der Waals surface area contributed by atoms with Gasteiger partial charge in [-0.2, -0.15) is 0 Å². The molecule has 22 heavy (non-hydrogen) atoms. The van der Waals surface area contributed by atoms with Crippen molar-refractivity contribution in [3.05, 3.63) is 41.7 Å². The molecule has 1 aromatic carbocycles. The molecule has 1 aromatic heterocycles. The van der Waals surface area contributed by atoms with Crippen LogP contribution in [0, 0.1) is 0 Å². The summed E-state index contributed by atoms with van der Waals surface area (Å²) in [5, 5.41) is 0. The SMILES string of the molecule is COc1ccc(C(C)c2cc(OC)c(OC)c(OC)c2)nc1. The fourth-order valence-electron chi connectivity index (χ4n) is 2.29. The van der Waals surface area contributed by atoms with Gasteiger partial charge in [0.25, 0.3) is 0 Å². The summed E-state index contributed by atoms with van der Waals surface area (Å²) in [7, 11) is 6.43. The number of hydrogen-bond donors (Lipinski definition) is 0. The molecule has 0 bridgehead atoms. The number of nitrogens with zero attached hydrogens (tertiary/aromatic N) is 1. The Morgan fingerprint density at radius 2 is 1.50 bits per heavy atom. The van der Waals surface area contributed by atoms with Crippen molar-refractivity contribution in [1.29, 1.82) is 0 Å². The van der Waals surface area contributed by atoms with Gasteiger partial charge in [0.1, 0.15) is 5.75 Å². The van der Waals surface area contributed by atoms with Gasteiger partial charge in [0.2, 0.25) is 5.75 Å². The number of methoxy groups -OCH3 is 4. The van der Waals surface area contributed by atoms with Crippen LogP contribution in [0.15, 0.2) is 30.5 Å². The maximum atomic E-state index is 5.40. The molecule has 0 amide bonds. The zero-order valence-electron chi connectivity index (χ0n) is 13.5. The van der Waals surface area contributed by atoms with E-state index in [0.717, 1.165) is 17.0 Å². The van der Waals surface area contributed by atoms with Crippen LogP contribution in [0.25, 0.3) is 0 Å². The Hall–Kier alpha value is -2.43. The van der Waals surface area contributed by atoms with Crippen LogP contribution >= 0.6 is 0 Å². The summed E-state index contributed by atoms with van der Waals surface area (Å²) in [6.45, 7) is 2.08. The molecule has 1 unspecified atom stereocenters. The lowest BCUT2D eigenvalue weighted by molar-refractivity contribution is 0.323. The first-order valence-corrected chi connectivity index (χ1v) is 6.94. The minimum Gasteiger partial charge on any atom is -0.495 e. The third-order valence-corrected chi connectivity index (χ3v) is 3.63. The normalized spacial score (nSPS) is 11.7. The molecule has 2 rings (SSSR count). The topological polar surface area (TPSA) is 49.8 Å². The van der Waals surface area contributed by atoms with Crippen molar-refractivity contribution >= 4 is 0 Å². The van der Waals surface area contributed by atoms with Crippen LogP contribution in [0.1, 0.15) is 24.1 Å². The van der Waals surface area contributed by atoms with Crippen molar-refractivity contribution in [2.45, 2.75) is 12.8 Å². The molecule has 1 heterocycles. The van der Waals surface area contributed by atoms with E-state index in [1.165, 1.54) is 0 Å². The van der Waals surface area contributed by atoms with Gasteiger partial charge in [-0.05, 0) is 29.8 Å². The van der Waals surface area contributed by atoms with Crippen molar-refractivity contribution in [3.63, 3.8) is 0 Å². The molecule has 0 radical (unpaired) electrons. The van der Waals surface area contributed by atoms with E-state index in [1.807, 2.05) is 24.3 Å². The highest BCUT2D eigenvalue weighted by molar-refractivity contribution is 5.55. The maximum Gasteiger partial charge on any atom is 0.203 e. The highest BCUT2D eigenvalue weighted by Gasteiger charge is 2.18. The zero-order valence-corrected chi connectivity index (χ0v) is 13.5. The van der Waals surface area contributed by atoms with Crippen molar-refractivity contribution in [1.82, 2.24) is 4.98 Å². The Balaban J connectivity index is 2.41. The molecule has 0 spiro atoms. The lowest BCUT2D eigenvalue weighted by atomic mass is 9.96. The monoisotopic (exact) mass is 303 g/mol. The van der Waals surface area contributed by atoms with E-state index in [0.29, 0.717) is 17.2 Å². The van der Waals surface area contributed by atoms with Crippen LogP contribution in [0.3, 0.4) is 0 Å². The fourth-order valence-corrected chi connectivity index (χ4v) is 2.29. The van der Waals surface area contributed by atoms with Gasteiger partial charge in [0.05, 0.1) is 34.6 Å². The molecular formula is C17H21NO4. The fraction of sp³-hybridized carbons (Fsp3) is 0.353. The highest BCUT2D eigenvalue weighted by Crippen LogP contribution is 2.40. The number of rotatable bonds is 6. The molecule has 0 aliphatic rings. The summed E-state index contributed by atoms with van der Waals surface area (Å²) in [5.41, 5.74) is 1.97. The number of benzene rings is 1. The van der Waals surface area contributed by atoms with Crippen LogP contribution < -0.4 is 18.9 Å². The van der Waals surface area contributed by atoms with Gasteiger partial charge in [0.15, 0.2) is 11.5 Å². The highest BCUT2D eigenvalue weighted by atomic mass is 16.5. The Morgan fingerprint density at radius 3 is 1.91 bits per heavy atom. The number of aromatic nitrogens is 1. The first-order chi connectivity index (χ1) is 10.6. The second-order valence-electron chi connectivity index (χ2n) is 4.80. The average Bonchev–Trinajstić information content (AvgIpc) is 2.59. The molecule has 0 aliphatic heterocycles. The predicted molar refractivity (Wildman–Crippen MR) is 84.4 cm³/mol. The number of ether oxygens (including phenoxy) is 4. The largest absolute Gasteiger partial charge is 0.495 e. The molecule has 0 fully saturated rings. The van der Waals surface area contributed by atoms with E-state index in [9.17, 15) is 0 Å². The minimum atomic E-state index is 0.0830. The smallest absolute Gasteiger partial charge is 0.203 e. The van der Waals surface area contributed by atoms with E-state index in [4.69, 9.17) is 18.9 Å². The molecule has 0 N–H and O–H groups in total. The van der Waals surface area contributed by atoms with Crippen LogP contribution in [-0.2, 0) is 0 Å². The lowest BCUT2D eigenvalue weighted by Gasteiger charge is -2.17. The van der Waals surface area contributed by atoms with Gasteiger partial charge in [-0.25, -0.2) is 0 Å². The first-order valence-electron chi connectivity index (χ1n) is 6.94. The quantitative estimate of drug-likeness (QED) is 0.819. The van der Waals surface area contributed by atoms with Crippen molar-refractivity contribution in [2.75, 3.05) is 28.4 Å². The molecule has 1 atom stereocenters. The van der Waals surface area contributed by atoms with Crippen molar-refractivity contribution in [2.24, 2.45) is 0 Å². The van der Waals surface area contributed by atoms with E-state index < -0.39 is 0 Å². The van der Waals surface area contributed by atoms with Gasteiger partial charge in [0, 0.05) is 11.6 Å². The minimum absolute atomic E-state index is 0.0830. The first kappa shape index (κ1) is 15.9. The van der Waals surface area contributed by atoms with E-state index in [-0.39, 0.29) is 5.92 Å². The van der Waals surface area contributed by atoms with E-state index in [2.05, 4.69) is 11.9 Å². The van der Waals surface area contributed by atoms with Crippen molar-refractivity contribution in [3.8, 4) is 23.0 Å². The van der Waals surface area contributed by atoms with Crippen LogP contribution in [-0.4, -0.2) is 33.4 Å². The van der Waals surface area contributed by atoms with Gasteiger partial charge in [-0.1, -0.05) is 6.92 Å². The van der Waals surface area contributed by atoms with Crippen LogP contribution in [0.5, 0.6) is 23.0 Å². The Kier molecular flexibility index (Phi) is 5.09. The third kappa shape index (κ3) is 3.08. The lowest BCUT2D eigenvalue weighted by Crippen LogP contribution is -2.02. The molecule has 2 aromatic rings. The van der Waals surface area contributed by atoms with E-state index in [1.54, 1.807) is 34.6 Å². The zero-order chi connectivity index (χ0) is 16.1. The molecule has 5 heteroatoms. The standard InChI is InChI=1S/C17H21NO4/c1-11(14-7-6-13(19-2)10-18-14)12-8-15(20-3)17(22-5)16(9-12)21-4/h6-11H,1-5H3. The second-order valence-corrected chi connectivity index (χ2v) is 4.80. The summed E-state index contributed by atoms with van der Waals surface area (Å²) in [6.07, 6.45) is 1.71. The van der Waals surface area contributed by atoms with Crippen molar-refractivity contribution < 1.29 is 18.9 Å². The Morgan fingerprint density at radius 1 is 0.864 bits per heavy atom. The molecule has 0 saturated heterocycles. The number of hydrogen-bond acceptors (Lipinski definition) is 5. The van der Waals surface area contributed by atoms with Gasteiger partial charge >= 0.3 is 0 Å². The number of pyridine rings is 1. The van der Waals surface area contributed by atoms with Crippen LogP contribution in [0.4, 0.5) is 0 Å². The summed E-state index contributed by atoms with van der Waals surface area (Å²) < 4.78 is 21.3. The predicted octanol–water partition coefficient (Wildman–Crippen LogP) is 3.27. The Bertz CT molecular complexity index is 600. The van der Waals surface area contributed by atoms with E-state index >= 15 is 0 Å². The summed E-state index contributed by atoms with van der Waals surface area (Å²) in [5.74, 6) is 2.68. The molecular weight excluding hydrogens is 282 g/mol. The van der Waals surface area contributed by atoms with Crippen LogP contribution in [0.2, 0.25) is 0 Å². The second kappa shape index (κ2) is 7.02. The molecule has 118 valence electrons. The van der Waals surface area contributed by atoms with Gasteiger partial charge < -0.3 is 18.9 Å². The van der Waals surface area contributed by atoms with Gasteiger partial charge in [-0.15, -0.1) is 0 Å². The average molecular weight is 303 g/mol. The summed E-state index contributed by atoms with van der Waals surface area (Å²) in [4.78, 5) is 4.44. The maximum absolute atomic E-state index is 5.40. The molecule has 0 aliphatic carbocycles. The molecule has 5 nitrogen and oxygen atoms in total. The molecule has 0 saturated carbocycles. The summed E-state index contributed by atoms with van der Waals surface area (Å²) in [6, 6.07) is 7.74. The third-order valence-electron chi connectivity index (χ3n) is 3.63. The summed E-state index contributed by atoms with van der Waals surface area (Å²) >= 11 is 0. The Labute approximate surface area is 130 Å².